The minimum Gasteiger partial charge on any atom is -0.333 e. The Hall–Kier alpha value is -1.95. The Bertz CT molecular complexity index is 768. The standard InChI is InChI=1S/C20H30N4O2/c1-15(2)22(4)13-16-12-18(25)24-11-10-23(14-17(24)21-16)19(26)20(3)8-6-5-7-9-20/h5-6,12,15H,7-11,13-14H2,1-4H3. The van der Waals surface area contributed by atoms with Crippen molar-refractivity contribution in [3.8, 4) is 0 Å². The maximum atomic E-state index is 13.1. The number of amides is 1. The van der Waals surface area contributed by atoms with Gasteiger partial charge in [0.15, 0.2) is 0 Å². The van der Waals surface area contributed by atoms with Crippen LogP contribution >= 0.6 is 0 Å². The van der Waals surface area contributed by atoms with Crippen molar-refractivity contribution in [2.24, 2.45) is 5.41 Å². The predicted molar refractivity (Wildman–Crippen MR) is 102 cm³/mol. The van der Waals surface area contributed by atoms with Crippen LogP contribution in [-0.4, -0.2) is 44.9 Å². The van der Waals surface area contributed by atoms with Gasteiger partial charge in [0.25, 0.3) is 5.56 Å². The molecule has 0 spiro atoms. The summed E-state index contributed by atoms with van der Waals surface area (Å²) in [4.78, 5) is 34.3. The third kappa shape index (κ3) is 3.75. The van der Waals surface area contributed by atoms with Crippen LogP contribution in [0.15, 0.2) is 23.0 Å². The van der Waals surface area contributed by atoms with Crippen molar-refractivity contribution in [2.45, 2.75) is 65.7 Å². The van der Waals surface area contributed by atoms with E-state index in [0.29, 0.717) is 38.0 Å². The zero-order chi connectivity index (χ0) is 18.9. The minimum atomic E-state index is -0.327. The minimum absolute atomic E-state index is 0.0129. The van der Waals surface area contributed by atoms with Crippen LogP contribution in [0.25, 0.3) is 0 Å². The van der Waals surface area contributed by atoms with Gasteiger partial charge in [-0.25, -0.2) is 4.98 Å². The fraction of sp³-hybridized carbons (Fsp3) is 0.650. The molecule has 0 aromatic carbocycles. The Labute approximate surface area is 155 Å². The number of allylic oxidation sites excluding steroid dienone is 2. The van der Waals surface area contributed by atoms with Gasteiger partial charge in [0.1, 0.15) is 5.82 Å². The highest BCUT2D eigenvalue weighted by atomic mass is 16.2. The van der Waals surface area contributed by atoms with Crippen LogP contribution in [-0.2, 0) is 24.4 Å². The smallest absolute Gasteiger partial charge is 0.253 e. The third-order valence-corrected chi connectivity index (χ3v) is 5.76. The molecule has 142 valence electrons. The molecule has 1 atom stereocenters. The van der Waals surface area contributed by atoms with Gasteiger partial charge in [-0.1, -0.05) is 19.1 Å². The van der Waals surface area contributed by atoms with Crippen LogP contribution in [0.5, 0.6) is 0 Å². The summed E-state index contributed by atoms with van der Waals surface area (Å²) in [5.41, 5.74) is 0.437. The molecule has 0 bridgehead atoms. The van der Waals surface area contributed by atoms with Gasteiger partial charge in [-0.15, -0.1) is 0 Å². The summed E-state index contributed by atoms with van der Waals surface area (Å²) in [6.45, 7) is 8.46. The van der Waals surface area contributed by atoms with Gasteiger partial charge >= 0.3 is 0 Å². The number of fused-ring (bicyclic) bond motifs is 1. The maximum Gasteiger partial charge on any atom is 0.253 e. The van der Waals surface area contributed by atoms with Gasteiger partial charge in [-0.05, 0) is 40.2 Å². The van der Waals surface area contributed by atoms with Gasteiger partial charge < -0.3 is 4.90 Å². The lowest BCUT2D eigenvalue weighted by Gasteiger charge is -2.37. The molecule has 2 aliphatic rings. The van der Waals surface area contributed by atoms with Crippen molar-refractivity contribution >= 4 is 5.91 Å². The first-order chi connectivity index (χ1) is 12.3. The zero-order valence-corrected chi connectivity index (χ0v) is 16.4. The first-order valence-corrected chi connectivity index (χ1v) is 9.54. The molecule has 0 radical (unpaired) electrons. The lowest BCUT2D eigenvalue weighted by molar-refractivity contribution is -0.143. The van der Waals surface area contributed by atoms with Crippen LogP contribution in [0, 0.1) is 5.41 Å². The molecular formula is C20H30N4O2. The summed E-state index contributed by atoms with van der Waals surface area (Å²) in [6.07, 6.45) is 6.90. The molecule has 1 amide bonds. The summed E-state index contributed by atoms with van der Waals surface area (Å²) in [5, 5.41) is 0. The van der Waals surface area contributed by atoms with E-state index >= 15 is 0 Å². The Morgan fingerprint density at radius 1 is 1.35 bits per heavy atom. The van der Waals surface area contributed by atoms with Crippen LogP contribution in [0.2, 0.25) is 0 Å². The second-order valence-corrected chi connectivity index (χ2v) is 8.16. The first-order valence-electron chi connectivity index (χ1n) is 9.54. The molecule has 26 heavy (non-hydrogen) atoms. The average molecular weight is 358 g/mol. The van der Waals surface area contributed by atoms with Crippen molar-refractivity contribution in [3.63, 3.8) is 0 Å². The quantitative estimate of drug-likeness (QED) is 0.774. The molecule has 6 nitrogen and oxygen atoms in total. The number of rotatable bonds is 4. The number of hydrogen-bond donors (Lipinski definition) is 0. The fourth-order valence-corrected chi connectivity index (χ4v) is 3.67. The molecular weight excluding hydrogens is 328 g/mol. The highest BCUT2D eigenvalue weighted by Gasteiger charge is 2.37. The largest absolute Gasteiger partial charge is 0.333 e. The fourth-order valence-electron chi connectivity index (χ4n) is 3.67. The van der Waals surface area contributed by atoms with E-state index in [1.165, 1.54) is 0 Å². The second kappa shape index (κ2) is 7.35. The van der Waals surface area contributed by atoms with E-state index in [0.717, 1.165) is 25.0 Å². The highest BCUT2D eigenvalue weighted by Crippen LogP contribution is 2.34. The summed E-state index contributed by atoms with van der Waals surface area (Å²) in [6, 6.07) is 2.01. The monoisotopic (exact) mass is 358 g/mol. The van der Waals surface area contributed by atoms with Crippen molar-refractivity contribution in [1.82, 2.24) is 19.4 Å². The summed E-state index contributed by atoms with van der Waals surface area (Å²) in [5.74, 6) is 0.895. The maximum absolute atomic E-state index is 13.1. The molecule has 1 aliphatic carbocycles. The van der Waals surface area contributed by atoms with Gasteiger partial charge in [-0.2, -0.15) is 0 Å². The molecule has 1 aromatic heterocycles. The van der Waals surface area contributed by atoms with Crippen molar-refractivity contribution in [1.29, 1.82) is 0 Å². The number of carbonyl (C=O) groups is 1. The molecule has 1 aromatic rings. The summed E-state index contributed by atoms with van der Waals surface area (Å²) < 4.78 is 1.71. The van der Waals surface area contributed by atoms with Crippen LogP contribution in [0.4, 0.5) is 0 Å². The van der Waals surface area contributed by atoms with E-state index in [1.807, 2.05) is 11.9 Å². The Morgan fingerprint density at radius 3 is 2.77 bits per heavy atom. The van der Waals surface area contributed by atoms with Crippen molar-refractivity contribution in [2.75, 3.05) is 13.6 Å². The Balaban J connectivity index is 1.80. The first kappa shape index (κ1) is 18.8. The lowest BCUT2D eigenvalue weighted by atomic mass is 9.77. The molecule has 2 heterocycles. The van der Waals surface area contributed by atoms with E-state index in [1.54, 1.807) is 10.6 Å². The molecule has 0 fully saturated rings. The van der Waals surface area contributed by atoms with Gasteiger partial charge in [0.05, 0.1) is 17.7 Å². The highest BCUT2D eigenvalue weighted by molar-refractivity contribution is 5.82. The van der Waals surface area contributed by atoms with Crippen LogP contribution in [0.3, 0.4) is 0 Å². The van der Waals surface area contributed by atoms with E-state index in [9.17, 15) is 9.59 Å². The lowest BCUT2D eigenvalue weighted by Crippen LogP contribution is -2.48. The molecule has 1 unspecified atom stereocenters. The molecule has 6 heteroatoms. The number of carbonyl (C=O) groups excluding carboxylic acids is 1. The molecule has 0 saturated heterocycles. The number of aromatic nitrogens is 2. The van der Waals surface area contributed by atoms with Gasteiger partial charge in [0.2, 0.25) is 5.91 Å². The SMILES string of the molecule is CC(C)N(C)Cc1cc(=O)n2c(n1)CN(C(=O)C1(C)CC=CCC1)CC2. The van der Waals surface area contributed by atoms with E-state index < -0.39 is 0 Å². The molecule has 1 aliphatic heterocycles. The normalized spacial score (nSPS) is 22.8. The van der Waals surface area contributed by atoms with Gasteiger partial charge in [0, 0.05) is 31.7 Å². The molecule has 3 rings (SSSR count). The Morgan fingerprint density at radius 2 is 2.12 bits per heavy atom. The van der Waals surface area contributed by atoms with E-state index in [2.05, 4.69) is 37.8 Å². The topological polar surface area (TPSA) is 58.4 Å². The molecule has 0 N–H and O–H groups in total. The third-order valence-electron chi connectivity index (χ3n) is 5.76. The second-order valence-electron chi connectivity index (χ2n) is 8.16. The zero-order valence-electron chi connectivity index (χ0n) is 16.4. The van der Waals surface area contributed by atoms with Crippen molar-refractivity contribution in [3.05, 3.63) is 40.1 Å². The van der Waals surface area contributed by atoms with Gasteiger partial charge in [-0.3, -0.25) is 19.1 Å². The predicted octanol–water partition coefficient (Wildman–Crippen LogP) is 2.17. The number of nitrogens with zero attached hydrogens (tertiary/aromatic N) is 4. The van der Waals surface area contributed by atoms with E-state index in [-0.39, 0.29) is 16.9 Å². The van der Waals surface area contributed by atoms with Crippen LogP contribution in [0.1, 0.15) is 51.6 Å². The summed E-state index contributed by atoms with van der Waals surface area (Å²) in [7, 11) is 2.02. The number of hydrogen-bond acceptors (Lipinski definition) is 4. The summed E-state index contributed by atoms with van der Waals surface area (Å²) >= 11 is 0. The Kier molecular flexibility index (Phi) is 5.32. The van der Waals surface area contributed by atoms with Crippen LogP contribution < -0.4 is 5.56 Å². The van der Waals surface area contributed by atoms with Crippen molar-refractivity contribution < 1.29 is 4.79 Å². The van der Waals surface area contributed by atoms with E-state index in [4.69, 9.17) is 4.98 Å². The molecule has 0 saturated carbocycles. The average Bonchev–Trinajstić information content (AvgIpc) is 2.61.